The lowest BCUT2D eigenvalue weighted by Crippen LogP contribution is -2.51. The summed E-state index contributed by atoms with van der Waals surface area (Å²) in [5.41, 5.74) is 3.55. The number of hydrogen-bond donors (Lipinski definition) is 1. The van der Waals surface area contributed by atoms with Crippen molar-refractivity contribution in [1.82, 2.24) is 14.5 Å². The van der Waals surface area contributed by atoms with Gasteiger partial charge in [0.15, 0.2) is 5.84 Å². The quantitative estimate of drug-likeness (QED) is 0.479. The van der Waals surface area contributed by atoms with Crippen LogP contribution in [0.2, 0.25) is 0 Å². The summed E-state index contributed by atoms with van der Waals surface area (Å²) in [6, 6.07) is 12.2. The molecule has 2 aliphatic heterocycles. The minimum atomic E-state index is -1.03. The van der Waals surface area contributed by atoms with Gasteiger partial charge in [0.2, 0.25) is 0 Å². The lowest BCUT2D eigenvalue weighted by atomic mass is 9.94. The maximum Gasteiger partial charge on any atom is 0.260 e. The fourth-order valence-electron chi connectivity index (χ4n) is 4.72. The molecule has 0 spiro atoms. The van der Waals surface area contributed by atoms with Crippen LogP contribution in [0.3, 0.4) is 0 Å². The molecule has 2 aliphatic rings. The maximum absolute atomic E-state index is 13.7. The Bertz CT molecular complexity index is 1290. The minimum Gasteiger partial charge on any atom is -0.495 e. The topological polar surface area (TPSA) is 81.3 Å². The van der Waals surface area contributed by atoms with Gasteiger partial charge in [0, 0.05) is 18.3 Å². The molecule has 1 atom stereocenters. The van der Waals surface area contributed by atoms with Crippen LogP contribution in [0.5, 0.6) is 5.75 Å². The van der Waals surface area contributed by atoms with Crippen molar-refractivity contribution in [3.05, 3.63) is 83.2 Å². The van der Waals surface area contributed by atoms with Gasteiger partial charge in [-0.05, 0) is 73.4 Å². The van der Waals surface area contributed by atoms with Crippen molar-refractivity contribution in [2.24, 2.45) is 5.16 Å². The van der Waals surface area contributed by atoms with E-state index in [1.165, 1.54) is 12.1 Å². The van der Waals surface area contributed by atoms with Crippen LogP contribution in [0, 0.1) is 12.7 Å². The zero-order valence-corrected chi connectivity index (χ0v) is 20.4. The van der Waals surface area contributed by atoms with Crippen LogP contribution < -0.4 is 4.74 Å². The van der Waals surface area contributed by atoms with E-state index in [2.05, 4.69) is 21.1 Å². The average Bonchev–Trinajstić information content (AvgIpc) is 3.49. The van der Waals surface area contributed by atoms with Gasteiger partial charge in [-0.15, -0.1) is 0 Å². The molecule has 3 heterocycles. The Morgan fingerprint density at radius 1 is 1.22 bits per heavy atom. The average molecular weight is 493 g/mol. The molecule has 5 rings (SSSR count). The first-order chi connectivity index (χ1) is 17.5. The summed E-state index contributed by atoms with van der Waals surface area (Å²) >= 11 is 0. The summed E-state index contributed by atoms with van der Waals surface area (Å²) in [4.78, 5) is 12.4. The lowest BCUT2D eigenvalue weighted by molar-refractivity contribution is -0.153. The summed E-state index contributed by atoms with van der Waals surface area (Å²) in [5.74, 6) is 1.13. The van der Waals surface area contributed by atoms with Crippen molar-refractivity contribution in [3.8, 4) is 11.4 Å². The summed E-state index contributed by atoms with van der Waals surface area (Å²) in [6.45, 7) is 2.86. The number of oxime groups is 1. The van der Waals surface area contributed by atoms with Gasteiger partial charge in [-0.25, -0.2) is 9.37 Å². The number of ether oxygens (including phenoxy) is 2. The van der Waals surface area contributed by atoms with Crippen LogP contribution in [0.15, 0.2) is 65.7 Å². The Labute approximate surface area is 209 Å². The molecule has 1 fully saturated rings. The zero-order valence-electron chi connectivity index (χ0n) is 20.4. The number of imidazole rings is 1. The summed E-state index contributed by atoms with van der Waals surface area (Å²) in [7, 11) is 1.65. The number of fused-ring (bicyclic) bond motifs is 1. The van der Waals surface area contributed by atoms with Gasteiger partial charge in [0.05, 0.1) is 38.0 Å². The second-order valence-electron chi connectivity index (χ2n) is 8.85. The summed E-state index contributed by atoms with van der Waals surface area (Å²) in [5, 5.41) is 13.7. The molecule has 2 aromatic carbocycles. The molecule has 0 radical (unpaired) electrons. The van der Waals surface area contributed by atoms with Crippen molar-refractivity contribution in [2.75, 3.05) is 33.5 Å². The van der Waals surface area contributed by atoms with E-state index in [0.29, 0.717) is 6.54 Å². The minimum absolute atomic E-state index is 0.102. The number of aliphatic hydroxyl groups excluding tert-OH is 1. The standard InChI is InChI=1S/C27H29FN4O4/c1-19-16-31(18-29-19)24-10-5-20(15-25(24)34-2)14-21-4-3-11-32-26(21)30-36-27(32,17-35-13-12-33)22-6-8-23(28)9-7-22/h5-10,14-16,18,33H,3-4,11-13,17H2,1-2H3/b21-14+/t27-/m1/s1. The molecule has 3 aromatic rings. The number of benzene rings is 2. The van der Waals surface area contributed by atoms with Crippen LogP contribution in [-0.4, -0.2) is 58.9 Å². The molecule has 1 N–H and O–H groups in total. The fraction of sp³-hybridized carbons (Fsp3) is 0.333. The Hall–Kier alpha value is -3.69. The molecule has 0 unspecified atom stereocenters. The first kappa shape index (κ1) is 24.0. The summed E-state index contributed by atoms with van der Waals surface area (Å²) < 4.78 is 27.0. The monoisotopic (exact) mass is 492 g/mol. The van der Waals surface area contributed by atoms with Crippen molar-refractivity contribution < 1.29 is 23.8 Å². The third-order valence-electron chi connectivity index (χ3n) is 6.45. The zero-order chi connectivity index (χ0) is 25.1. The molecule has 188 valence electrons. The molecule has 0 aliphatic carbocycles. The summed E-state index contributed by atoms with van der Waals surface area (Å²) in [6.07, 6.45) is 7.53. The third kappa shape index (κ3) is 4.47. The van der Waals surface area contributed by atoms with Gasteiger partial charge in [0.1, 0.15) is 18.2 Å². The van der Waals surface area contributed by atoms with E-state index in [4.69, 9.17) is 14.3 Å². The molecule has 9 heteroatoms. The smallest absolute Gasteiger partial charge is 0.260 e. The maximum atomic E-state index is 13.7. The number of piperidine rings is 1. The molecular formula is C27H29FN4O4. The molecule has 0 bridgehead atoms. The van der Waals surface area contributed by atoms with Crippen molar-refractivity contribution >= 4 is 11.9 Å². The number of methoxy groups -OCH3 is 1. The highest BCUT2D eigenvalue weighted by Crippen LogP contribution is 2.41. The Morgan fingerprint density at radius 3 is 2.78 bits per heavy atom. The highest BCUT2D eigenvalue weighted by atomic mass is 19.1. The highest BCUT2D eigenvalue weighted by Gasteiger charge is 2.50. The van der Waals surface area contributed by atoms with E-state index < -0.39 is 5.72 Å². The Kier molecular flexibility index (Phi) is 6.75. The molecule has 36 heavy (non-hydrogen) atoms. The van der Waals surface area contributed by atoms with Crippen molar-refractivity contribution in [2.45, 2.75) is 25.5 Å². The van der Waals surface area contributed by atoms with Crippen LogP contribution >= 0.6 is 0 Å². The number of hydrogen-bond acceptors (Lipinski definition) is 7. The van der Waals surface area contributed by atoms with Gasteiger partial charge in [-0.3, -0.25) is 0 Å². The second-order valence-corrected chi connectivity index (χ2v) is 8.85. The predicted molar refractivity (Wildman–Crippen MR) is 133 cm³/mol. The van der Waals surface area contributed by atoms with Crippen molar-refractivity contribution in [3.63, 3.8) is 0 Å². The number of nitrogens with zero attached hydrogens (tertiary/aromatic N) is 4. The number of amidine groups is 1. The lowest BCUT2D eigenvalue weighted by Gasteiger charge is -2.39. The predicted octanol–water partition coefficient (Wildman–Crippen LogP) is 4.01. The molecule has 8 nitrogen and oxygen atoms in total. The van der Waals surface area contributed by atoms with Crippen LogP contribution in [0.25, 0.3) is 11.8 Å². The number of rotatable bonds is 8. The molecule has 1 aromatic heterocycles. The van der Waals surface area contributed by atoms with E-state index in [-0.39, 0.29) is 25.6 Å². The van der Waals surface area contributed by atoms with E-state index in [1.54, 1.807) is 25.6 Å². The number of aryl methyl sites for hydroxylation is 1. The number of halogens is 1. The normalized spacial score (nSPS) is 20.3. The van der Waals surface area contributed by atoms with Gasteiger partial charge in [0.25, 0.3) is 5.72 Å². The van der Waals surface area contributed by atoms with Gasteiger partial charge in [-0.2, -0.15) is 0 Å². The first-order valence-corrected chi connectivity index (χ1v) is 11.9. The van der Waals surface area contributed by atoms with E-state index in [9.17, 15) is 9.50 Å². The first-order valence-electron chi connectivity index (χ1n) is 11.9. The van der Waals surface area contributed by atoms with E-state index in [1.807, 2.05) is 35.9 Å². The fourth-order valence-corrected chi connectivity index (χ4v) is 4.72. The van der Waals surface area contributed by atoms with Crippen LogP contribution in [0.1, 0.15) is 29.7 Å². The highest BCUT2D eigenvalue weighted by molar-refractivity contribution is 6.03. The molecule has 1 saturated heterocycles. The Morgan fingerprint density at radius 2 is 2.06 bits per heavy atom. The van der Waals surface area contributed by atoms with Gasteiger partial charge >= 0.3 is 0 Å². The van der Waals surface area contributed by atoms with Crippen LogP contribution in [0.4, 0.5) is 4.39 Å². The second kappa shape index (κ2) is 10.1. The number of aromatic nitrogens is 2. The Balaban J connectivity index is 1.46. The van der Waals surface area contributed by atoms with Crippen molar-refractivity contribution in [1.29, 1.82) is 0 Å². The largest absolute Gasteiger partial charge is 0.495 e. The molecular weight excluding hydrogens is 463 g/mol. The van der Waals surface area contributed by atoms with Gasteiger partial charge in [-0.1, -0.05) is 11.2 Å². The van der Waals surface area contributed by atoms with E-state index in [0.717, 1.165) is 52.5 Å². The van der Waals surface area contributed by atoms with E-state index >= 15 is 0 Å². The van der Waals surface area contributed by atoms with Gasteiger partial charge < -0.3 is 28.9 Å². The van der Waals surface area contributed by atoms with Crippen LogP contribution in [-0.2, 0) is 15.3 Å². The number of aliphatic hydroxyl groups is 1. The molecule has 0 amide bonds. The third-order valence-corrected chi connectivity index (χ3v) is 6.45. The SMILES string of the molecule is COc1cc(/C=C2\CCCN3C2=NO[C@]3(COCCO)c2ccc(F)cc2)ccc1-n1cnc(C)c1. The molecule has 0 saturated carbocycles.